The zero-order valence-electron chi connectivity index (χ0n) is 12.1. The molecular formula is C15H16BrN3OS. The van der Waals surface area contributed by atoms with Crippen LogP contribution in [0.5, 0.6) is 0 Å². The summed E-state index contributed by atoms with van der Waals surface area (Å²) in [5.41, 5.74) is 1.79. The molecule has 1 aliphatic rings. The summed E-state index contributed by atoms with van der Waals surface area (Å²) in [6.07, 6.45) is 0. The highest BCUT2D eigenvalue weighted by atomic mass is 79.9. The van der Waals surface area contributed by atoms with E-state index in [0.717, 1.165) is 26.5 Å². The van der Waals surface area contributed by atoms with Gasteiger partial charge in [-0.15, -0.1) is 0 Å². The molecule has 0 saturated carbocycles. The van der Waals surface area contributed by atoms with Gasteiger partial charge in [-0.25, -0.2) is 4.99 Å². The molecule has 21 heavy (non-hydrogen) atoms. The van der Waals surface area contributed by atoms with Gasteiger partial charge >= 0.3 is 0 Å². The first-order chi connectivity index (χ1) is 9.99. The van der Waals surface area contributed by atoms with Crippen molar-refractivity contribution in [2.24, 2.45) is 4.99 Å². The highest BCUT2D eigenvalue weighted by Crippen LogP contribution is 2.45. The quantitative estimate of drug-likeness (QED) is 0.856. The normalized spacial score (nSPS) is 17.8. The number of thioether (sulfide) groups is 1. The molecule has 0 spiro atoms. The number of halogens is 1. The Bertz CT molecular complexity index is 775. The Kier molecular flexibility index (Phi) is 3.84. The molecule has 0 aliphatic carbocycles. The molecule has 6 heteroatoms. The second-order valence-corrected chi connectivity index (χ2v) is 7.44. The SMILES string of the molecule is CC1=Nc2c(c(=O)[nH]n2C(C)C)C(c2ccccc2Br)S1. The lowest BCUT2D eigenvalue weighted by atomic mass is 10.1. The van der Waals surface area contributed by atoms with Crippen LogP contribution in [0.3, 0.4) is 0 Å². The number of H-pyrrole nitrogens is 1. The molecule has 2 aromatic rings. The van der Waals surface area contributed by atoms with Gasteiger partial charge in [0.1, 0.15) is 0 Å². The number of aliphatic imine (C=N–C) groups is 1. The smallest absolute Gasteiger partial charge is 0.268 e. The first-order valence-electron chi connectivity index (χ1n) is 6.79. The minimum Gasteiger partial charge on any atom is -0.268 e. The molecule has 4 nitrogen and oxygen atoms in total. The minimum atomic E-state index is -0.0526. The number of nitrogens with one attached hydrogen (secondary N) is 1. The zero-order chi connectivity index (χ0) is 15.1. The summed E-state index contributed by atoms with van der Waals surface area (Å²) in [6.45, 7) is 6.06. The number of hydrogen-bond acceptors (Lipinski definition) is 3. The molecule has 1 aliphatic heterocycles. The second-order valence-electron chi connectivity index (χ2n) is 5.29. The van der Waals surface area contributed by atoms with E-state index in [2.05, 4.69) is 32.1 Å². The van der Waals surface area contributed by atoms with E-state index in [1.807, 2.05) is 43.7 Å². The van der Waals surface area contributed by atoms with Crippen molar-refractivity contribution < 1.29 is 0 Å². The van der Waals surface area contributed by atoms with Crippen LogP contribution in [0.25, 0.3) is 0 Å². The summed E-state index contributed by atoms with van der Waals surface area (Å²) in [7, 11) is 0. The van der Waals surface area contributed by atoms with Crippen LogP contribution in [0.15, 0.2) is 38.5 Å². The molecule has 3 rings (SSSR count). The molecule has 0 radical (unpaired) electrons. The van der Waals surface area contributed by atoms with Gasteiger partial charge in [0.05, 0.1) is 15.9 Å². The second kappa shape index (κ2) is 5.50. The number of hydrogen-bond donors (Lipinski definition) is 1. The van der Waals surface area contributed by atoms with Crippen molar-refractivity contribution >= 4 is 38.6 Å². The molecule has 0 saturated heterocycles. The molecule has 0 amide bonds. The first-order valence-corrected chi connectivity index (χ1v) is 8.47. The van der Waals surface area contributed by atoms with Gasteiger partial charge in [0, 0.05) is 10.5 Å². The maximum Gasteiger partial charge on any atom is 0.271 e. The molecule has 1 unspecified atom stereocenters. The lowest BCUT2D eigenvalue weighted by Crippen LogP contribution is -2.13. The van der Waals surface area contributed by atoms with E-state index in [4.69, 9.17) is 0 Å². The third-order valence-electron chi connectivity index (χ3n) is 3.45. The van der Waals surface area contributed by atoms with Crippen LogP contribution in [-0.2, 0) is 0 Å². The molecule has 1 N–H and O–H groups in total. The molecule has 1 aromatic carbocycles. The van der Waals surface area contributed by atoms with Crippen LogP contribution in [0.4, 0.5) is 5.82 Å². The van der Waals surface area contributed by atoms with E-state index >= 15 is 0 Å². The molecule has 0 fully saturated rings. The third kappa shape index (κ3) is 2.51. The monoisotopic (exact) mass is 365 g/mol. The van der Waals surface area contributed by atoms with Gasteiger partial charge in [-0.2, -0.15) is 0 Å². The summed E-state index contributed by atoms with van der Waals surface area (Å²) in [5, 5.41) is 3.86. The van der Waals surface area contributed by atoms with Crippen LogP contribution < -0.4 is 5.56 Å². The highest BCUT2D eigenvalue weighted by Gasteiger charge is 2.31. The first kappa shape index (κ1) is 14.7. The summed E-state index contributed by atoms with van der Waals surface area (Å²) in [5.74, 6) is 0.756. The summed E-state index contributed by atoms with van der Waals surface area (Å²) in [4.78, 5) is 17.0. The van der Waals surface area contributed by atoms with Gasteiger partial charge < -0.3 is 0 Å². The standard InChI is InChI=1S/C15H16BrN3OS/c1-8(2)19-14-12(15(20)18-19)13(21-9(3)17-14)10-6-4-5-7-11(10)16/h4-8,13H,1-3H3,(H,18,20). The molecule has 1 aromatic heterocycles. The fourth-order valence-electron chi connectivity index (χ4n) is 2.49. The van der Waals surface area contributed by atoms with Crippen molar-refractivity contribution in [3.63, 3.8) is 0 Å². The van der Waals surface area contributed by atoms with E-state index in [9.17, 15) is 4.79 Å². The predicted octanol–water partition coefficient (Wildman–Crippen LogP) is 4.41. The van der Waals surface area contributed by atoms with Gasteiger partial charge in [0.15, 0.2) is 5.82 Å². The number of nitrogens with zero attached hydrogens (tertiary/aromatic N) is 2. The number of rotatable bonds is 2. The van der Waals surface area contributed by atoms with Crippen molar-refractivity contribution in [2.75, 3.05) is 0 Å². The maximum absolute atomic E-state index is 12.4. The molecule has 0 bridgehead atoms. The Balaban J connectivity index is 2.23. The lowest BCUT2D eigenvalue weighted by Gasteiger charge is -2.22. The van der Waals surface area contributed by atoms with E-state index in [-0.39, 0.29) is 16.9 Å². The average molecular weight is 366 g/mol. The predicted molar refractivity (Wildman–Crippen MR) is 91.8 cm³/mol. The highest BCUT2D eigenvalue weighted by molar-refractivity contribution is 9.10. The lowest BCUT2D eigenvalue weighted by molar-refractivity contribution is 0.533. The minimum absolute atomic E-state index is 0.0307. The van der Waals surface area contributed by atoms with Crippen molar-refractivity contribution in [1.29, 1.82) is 0 Å². The van der Waals surface area contributed by atoms with Crippen LogP contribution in [0.1, 0.15) is 43.2 Å². The van der Waals surface area contributed by atoms with Crippen LogP contribution >= 0.6 is 27.7 Å². The number of fused-ring (bicyclic) bond motifs is 1. The van der Waals surface area contributed by atoms with Crippen LogP contribution in [0, 0.1) is 0 Å². The summed E-state index contributed by atoms with van der Waals surface area (Å²) < 4.78 is 2.87. The molecular weight excluding hydrogens is 350 g/mol. The van der Waals surface area contributed by atoms with Crippen molar-refractivity contribution in [2.45, 2.75) is 32.1 Å². The van der Waals surface area contributed by atoms with Gasteiger partial charge in [0.2, 0.25) is 0 Å². The summed E-state index contributed by atoms with van der Waals surface area (Å²) >= 11 is 5.21. The van der Waals surface area contributed by atoms with Crippen molar-refractivity contribution in [3.05, 3.63) is 50.2 Å². The van der Waals surface area contributed by atoms with Crippen molar-refractivity contribution in [3.8, 4) is 0 Å². The maximum atomic E-state index is 12.4. The molecule has 2 heterocycles. The number of aromatic nitrogens is 2. The van der Waals surface area contributed by atoms with Crippen molar-refractivity contribution in [1.82, 2.24) is 9.78 Å². The van der Waals surface area contributed by atoms with Gasteiger partial charge in [-0.05, 0) is 32.4 Å². The average Bonchev–Trinajstić information content (AvgIpc) is 2.76. The Morgan fingerprint density at radius 2 is 2.10 bits per heavy atom. The Morgan fingerprint density at radius 3 is 2.76 bits per heavy atom. The third-order valence-corrected chi connectivity index (χ3v) is 5.33. The fraction of sp³-hybridized carbons (Fsp3) is 0.333. The van der Waals surface area contributed by atoms with Gasteiger partial charge in [-0.1, -0.05) is 45.9 Å². The van der Waals surface area contributed by atoms with E-state index in [0.29, 0.717) is 0 Å². The fourth-order valence-corrected chi connectivity index (χ4v) is 4.30. The largest absolute Gasteiger partial charge is 0.271 e. The van der Waals surface area contributed by atoms with Gasteiger partial charge in [-0.3, -0.25) is 14.6 Å². The Hall–Kier alpha value is -1.27. The molecule has 110 valence electrons. The van der Waals surface area contributed by atoms with E-state index in [1.54, 1.807) is 11.8 Å². The van der Waals surface area contributed by atoms with Crippen LogP contribution in [0.2, 0.25) is 0 Å². The van der Waals surface area contributed by atoms with Crippen LogP contribution in [-0.4, -0.2) is 14.8 Å². The summed E-state index contributed by atoms with van der Waals surface area (Å²) in [6, 6.07) is 8.20. The number of benzene rings is 1. The van der Waals surface area contributed by atoms with E-state index in [1.165, 1.54) is 0 Å². The molecule has 1 atom stereocenters. The zero-order valence-corrected chi connectivity index (χ0v) is 14.5. The Morgan fingerprint density at radius 1 is 1.38 bits per heavy atom. The Labute approximate surface area is 135 Å². The van der Waals surface area contributed by atoms with E-state index < -0.39 is 0 Å². The van der Waals surface area contributed by atoms with Gasteiger partial charge in [0.25, 0.3) is 5.56 Å². The number of aromatic amines is 1. The topological polar surface area (TPSA) is 50.1 Å².